The van der Waals surface area contributed by atoms with E-state index >= 15 is 0 Å². The predicted molar refractivity (Wildman–Crippen MR) is 92.6 cm³/mol. The zero-order chi connectivity index (χ0) is 16.8. The Hall–Kier alpha value is -2.49. The van der Waals surface area contributed by atoms with Crippen LogP contribution in [0.3, 0.4) is 0 Å². The lowest BCUT2D eigenvalue weighted by molar-refractivity contribution is 0.102. The monoisotopic (exact) mass is 313 g/mol. The zero-order valence-corrected chi connectivity index (χ0v) is 14.1. The van der Waals surface area contributed by atoms with E-state index in [-0.39, 0.29) is 5.91 Å². The van der Waals surface area contributed by atoms with Crippen LogP contribution in [0.4, 0.5) is 5.69 Å². The maximum atomic E-state index is 12.6. The number of carbonyl (C=O) groups is 1. The van der Waals surface area contributed by atoms with Gasteiger partial charge in [0.15, 0.2) is 0 Å². The van der Waals surface area contributed by atoms with Crippen molar-refractivity contribution in [2.24, 2.45) is 0 Å². The van der Waals surface area contributed by atoms with Crippen LogP contribution in [0.1, 0.15) is 42.1 Å². The SMILES string of the molecule is CC[C@@H](C)c1ccccc1NC(=O)c1cc(OC)cc(OC)c1. The molecule has 4 nitrogen and oxygen atoms in total. The molecule has 0 spiro atoms. The van der Waals surface area contributed by atoms with Crippen LogP contribution in [0.15, 0.2) is 42.5 Å². The van der Waals surface area contributed by atoms with Gasteiger partial charge in [-0.25, -0.2) is 0 Å². The number of amides is 1. The molecule has 0 heterocycles. The molecule has 1 atom stereocenters. The van der Waals surface area contributed by atoms with E-state index in [4.69, 9.17) is 9.47 Å². The standard InChI is InChI=1S/C19H23NO3/c1-5-13(2)17-8-6-7-9-18(17)20-19(21)14-10-15(22-3)12-16(11-14)23-4/h6-13H,5H2,1-4H3,(H,20,21)/t13-/m1/s1. The van der Waals surface area contributed by atoms with Crippen LogP contribution in [-0.2, 0) is 0 Å². The minimum atomic E-state index is -0.182. The van der Waals surface area contributed by atoms with Gasteiger partial charge in [-0.3, -0.25) is 4.79 Å². The fourth-order valence-electron chi connectivity index (χ4n) is 2.39. The Bertz CT molecular complexity index is 660. The summed E-state index contributed by atoms with van der Waals surface area (Å²) in [7, 11) is 3.13. The number of hydrogen-bond acceptors (Lipinski definition) is 3. The Balaban J connectivity index is 2.29. The smallest absolute Gasteiger partial charge is 0.255 e. The molecule has 0 aliphatic heterocycles. The summed E-state index contributed by atoms with van der Waals surface area (Å²) < 4.78 is 10.4. The van der Waals surface area contributed by atoms with Gasteiger partial charge in [-0.2, -0.15) is 0 Å². The number of para-hydroxylation sites is 1. The van der Waals surface area contributed by atoms with E-state index in [0.717, 1.165) is 17.7 Å². The Morgan fingerprint density at radius 3 is 2.26 bits per heavy atom. The summed E-state index contributed by atoms with van der Waals surface area (Å²) >= 11 is 0. The van der Waals surface area contributed by atoms with E-state index in [1.165, 1.54) is 0 Å². The number of methoxy groups -OCH3 is 2. The molecule has 2 rings (SSSR count). The van der Waals surface area contributed by atoms with Crippen LogP contribution < -0.4 is 14.8 Å². The molecule has 0 bridgehead atoms. The summed E-state index contributed by atoms with van der Waals surface area (Å²) in [6, 6.07) is 13.0. The quantitative estimate of drug-likeness (QED) is 0.856. The van der Waals surface area contributed by atoms with Gasteiger partial charge >= 0.3 is 0 Å². The average Bonchev–Trinajstić information content (AvgIpc) is 2.60. The molecule has 0 saturated heterocycles. The Labute approximate surface area is 137 Å². The Kier molecular flexibility index (Phi) is 5.63. The first-order valence-corrected chi connectivity index (χ1v) is 7.72. The first kappa shape index (κ1) is 16.9. The highest BCUT2D eigenvalue weighted by molar-refractivity contribution is 6.05. The molecule has 2 aromatic rings. The molecule has 1 amide bonds. The van der Waals surface area contributed by atoms with Crippen molar-refractivity contribution in [3.63, 3.8) is 0 Å². The first-order valence-electron chi connectivity index (χ1n) is 7.72. The van der Waals surface area contributed by atoms with Crippen molar-refractivity contribution in [1.29, 1.82) is 0 Å². The summed E-state index contributed by atoms with van der Waals surface area (Å²) in [5, 5.41) is 2.99. The number of nitrogens with one attached hydrogen (secondary N) is 1. The van der Waals surface area contributed by atoms with Crippen molar-refractivity contribution in [3.05, 3.63) is 53.6 Å². The van der Waals surface area contributed by atoms with E-state index in [2.05, 4.69) is 25.2 Å². The second-order valence-corrected chi connectivity index (χ2v) is 5.45. The summed E-state index contributed by atoms with van der Waals surface area (Å²) in [6.45, 7) is 4.29. The Morgan fingerprint density at radius 1 is 1.09 bits per heavy atom. The lowest BCUT2D eigenvalue weighted by Gasteiger charge is -2.16. The number of carbonyl (C=O) groups excluding carboxylic acids is 1. The molecular formula is C19H23NO3. The van der Waals surface area contributed by atoms with Crippen molar-refractivity contribution in [2.45, 2.75) is 26.2 Å². The summed E-state index contributed by atoms with van der Waals surface area (Å²) in [5.74, 6) is 1.37. The summed E-state index contributed by atoms with van der Waals surface area (Å²) in [6.07, 6.45) is 1.01. The van der Waals surface area contributed by atoms with Crippen molar-refractivity contribution in [3.8, 4) is 11.5 Å². The topological polar surface area (TPSA) is 47.6 Å². The van der Waals surface area contributed by atoms with Crippen LogP contribution in [-0.4, -0.2) is 20.1 Å². The molecule has 0 aromatic heterocycles. The molecule has 4 heteroatoms. The van der Waals surface area contributed by atoms with E-state index in [9.17, 15) is 4.79 Å². The molecule has 1 N–H and O–H groups in total. The highest BCUT2D eigenvalue weighted by Crippen LogP contribution is 2.28. The lowest BCUT2D eigenvalue weighted by Crippen LogP contribution is -2.14. The van der Waals surface area contributed by atoms with Gasteiger partial charge in [-0.05, 0) is 36.1 Å². The minimum absolute atomic E-state index is 0.182. The molecular weight excluding hydrogens is 290 g/mol. The van der Waals surface area contributed by atoms with Crippen molar-refractivity contribution in [1.82, 2.24) is 0 Å². The van der Waals surface area contributed by atoms with Crippen molar-refractivity contribution < 1.29 is 14.3 Å². The van der Waals surface area contributed by atoms with Crippen molar-refractivity contribution in [2.75, 3.05) is 19.5 Å². The van der Waals surface area contributed by atoms with Gasteiger partial charge in [0.2, 0.25) is 0 Å². The summed E-state index contributed by atoms with van der Waals surface area (Å²) in [5.41, 5.74) is 2.48. The first-order chi connectivity index (χ1) is 11.1. The van der Waals surface area contributed by atoms with E-state index in [1.807, 2.05) is 18.2 Å². The normalized spacial score (nSPS) is 11.7. The summed E-state index contributed by atoms with van der Waals surface area (Å²) in [4.78, 5) is 12.6. The predicted octanol–water partition coefficient (Wildman–Crippen LogP) is 4.47. The van der Waals surface area contributed by atoms with E-state index < -0.39 is 0 Å². The zero-order valence-electron chi connectivity index (χ0n) is 14.1. The van der Waals surface area contributed by atoms with E-state index in [1.54, 1.807) is 32.4 Å². The third-order valence-electron chi connectivity index (χ3n) is 3.97. The average molecular weight is 313 g/mol. The number of anilines is 1. The van der Waals surface area contributed by atoms with Crippen LogP contribution in [0.2, 0.25) is 0 Å². The molecule has 23 heavy (non-hydrogen) atoms. The van der Waals surface area contributed by atoms with Gasteiger partial charge in [-0.1, -0.05) is 32.0 Å². The largest absolute Gasteiger partial charge is 0.497 e. The number of ether oxygens (including phenoxy) is 2. The second kappa shape index (κ2) is 7.68. The van der Waals surface area contributed by atoms with Gasteiger partial charge in [0.25, 0.3) is 5.91 Å². The third-order valence-corrected chi connectivity index (χ3v) is 3.97. The minimum Gasteiger partial charge on any atom is -0.497 e. The van der Waals surface area contributed by atoms with Gasteiger partial charge in [0.05, 0.1) is 14.2 Å². The van der Waals surface area contributed by atoms with Crippen LogP contribution in [0, 0.1) is 0 Å². The number of hydrogen-bond donors (Lipinski definition) is 1. The molecule has 0 radical (unpaired) electrons. The van der Waals surface area contributed by atoms with Gasteiger partial charge < -0.3 is 14.8 Å². The molecule has 0 saturated carbocycles. The lowest BCUT2D eigenvalue weighted by atomic mass is 9.97. The second-order valence-electron chi connectivity index (χ2n) is 5.45. The Morgan fingerprint density at radius 2 is 1.70 bits per heavy atom. The van der Waals surface area contributed by atoms with Gasteiger partial charge in [-0.15, -0.1) is 0 Å². The van der Waals surface area contributed by atoms with Crippen molar-refractivity contribution >= 4 is 11.6 Å². The van der Waals surface area contributed by atoms with E-state index in [0.29, 0.717) is 23.0 Å². The molecule has 0 unspecified atom stereocenters. The molecule has 2 aromatic carbocycles. The van der Waals surface area contributed by atoms with Gasteiger partial charge in [0, 0.05) is 17.3 Å². The molecule has 0 aliphatic rings. The number of benzene rings is 2. The highest BCUT2D eigenvalue weighted by Gasteiger charge is 2.14. The maximum absolute atomic E-state index is 12.6. The van der Waals surface area contributed by atoms with Gasteiger partial charge in [0.1, 0.15) is 11.5 Å². The molecule has 122 valence electrons. The van der Waals surface area contributed by atoms with Crippen LogP contribution in [0.25, 0.3) is 0 Å². The number of rotatable bonds is 6. The highest BCUT2D eigenvalue weighted by atomic mass is 16.5. The maximum Gasteiger partial charge on any atom is 0.255 e. The third kappa shape index (κ3) is 4.03. The molecule has 0 fully saturated rings. The van der Waals surface area contributed by atoms with Crippen LogP contribution >= 0.6 is 0 Å². The van der Waals surface area contributed by atoms with Crippen LogP contribution in [0.5, 0.6) is 11.5 Å². The fourth-order valence-corrected chi connectivity index (χ4v) is 2.39. The fraction of sp³-hybridized carbons (Fsp3) is 0.316. The molecule has 0 aliphatic carbocycles.